The van der Waals surface area contributed by atoms with Gasteiger partial charge in [0.2, 0.25) is 0 Å². The molecule has 0 bridgehead atoms. The van der Waals surface area contributed by atoms with Gasteiger partial charge in [-0.25, -0.2) is 0 Å². The first-order valence-corrected chi connectivity index (χ1v) is 6.15. The number of non-ortho nitro benzene ring substituents is 1. The standard InChI is InChI=1S/C15H13N3O2/c1-10-16-14-7-6-12(9-15(14)17(10)2)11-4-3-5-13(8-11)18(19)20/h3-9,16H,1H2,2H3. The number of hydrogen-bond acceptors (Lipinski definition) is 4. The monoisotopic (exact) mass is 267 g/mol. The summed E-state index contributed by atoms with van der Waals surface area (Å²) in [6, 6.07) is 12.5. The highest BCUT2D eigenvalue weighted by molar-refractivity contribution is 5.85. The fourth-order valence-corrected chi connectivity index (χ4v) is 2.28. The summed E-state index contributed by atoms with van der Waals surface area (Å²) in [4.78, 5) is 12.4. The Morgan fingerprint density at radius 1 is 1.20 bits per heavy atom. The fraction of sp³-hybridized carbons (Fsp3) is 0.0667. The normalized spacial score (nSPS) is 13.1. The third-order valence-corrected chi connectivity index (χ3v) is 3.43. The van der Waals surface area contributed by atoms with Gasteiger partial charge in [0, 0.05) is 19.2 Å². The van der Waals surface area contributed by atoms with Gasteiger partial charge < -0.3 is 10.2 Å². The van der Waals surface area contributed by atoms with Gasteiger partial charge in [0.25, 0.3) is 5.69 Å². The molecule has 3 rings (SSSR count). The van der Waals surface area contributed by atoms with Crippen LogP contribution in [0.1, 0.15) is 0 Å². The van der Waals surface area contributed by atoms with Gasteiger partial charge in [0.05, 0.1) is 16.3 Å². The number of nitro groups is 1. The molecule has 20 heavy (non-hydrogen) atoms. The zero-order valence-electron chi connectivity index (χ0n) is 11.0. The van der Waals surface area contributed by atoms with Crippen LogP contribution in [-0.4, -0.2) is 12.0 Å². The van der Waals surface area contributed by atoms with Gasteiger partial charge in [-0.15, -0.1) is 0 Å². The largest absolute Gasteiger partial charge is 0.340 e. The minimum absolute atomic E-state index is 0.0962. The average Bonchev–Trinajstić information content (AvgIpc) is 2.74. The SMILES string of the molecule is C=C1Nc2ccc(-c3cccc([N+](=O)[O-])c3)cc2N1C. The summed E-state index contributed by atoms with van der Waals surface area (Å²) in [5.74, 6) is 0.816. The van der Waals surface area contributed by atoms with Gasteiger partial charge in [-0.3, -0.25) is 10.1 Å². The minimum Gasteiger partial charge on any atom is -0.340 e. The lowest BCUT2D eigenvalue weighted by Gasteiger charge is -2.12. The van der Waals surface area contributed by atoms with Crippen LogP contribution in [0.5, 0.6) is 0 Å². The Morgan fingerprint density at radius 3 is 2.70 bits per heavy atom. The molecule has 0 fully saturated rings. The molecule has 1 aliphatic heterocycles. The van der Waals surface area contributed by atoms with E-state index in [4.69, 9.17) is 0 Å². The van der Waals surface area contributed by atoms with E-state index in [2.05, 4.69) is 11.9 Å². The number of nitrogens with one attached hydrogen (secondary N) is 1. The molecule has 5 heteroatoms. The third kappa shape index (κ3) is 1.89. The van der Waals surface area contributed by atoms with Crippen LogP contribution >= 0.6 is 0 Å². The van der Waals surface area contributed by atoms with Crippen LogP contribution in [0.4, 0.5) is 17.1 Å². The summed E-state index contributed by atoms with van der Waals surface area (Å²) in [6.07, 6.45) is 0. The molecule has 0 aliphatic carbocycles. The molecule has 0 aromatic heterocycles. The highest BCUT2D eigenvalue weighted by Gasteiger charge is 2.19. The molecule has 5 nitrogen and oxygen atoms in total. The average molecular weight is 267 g/mol. The lowest BCUT2D eigenvalue weighted by molar-refractivity contribution is -0.384. The Morgan fingerprint density at radius 2 is 1.95 bits per heavy atom. The second-order valence-electron chi connectivity index (χ2n) is 4.67. The van der Waals surface area contributed by atoms with E-state index < -0.39 is 0 Å². The van der Waals surface area contributed by atoms with E-state index in [1.165, 1.54) is 6.07 Å². The molecule has 0 amide bonds. The maximum absolute atomic E-state index is 10.8. The smallest absolute Gasteiger partial charge is 0.270 e. The molecule has 0 spiro atoms. The Kier molecular flexibility index (Phi) is 2.68. The van der Waals surface area contributed by atoms with Gasteiger partial charge in [0.1, 0.15) is 5.82 Å². The van der Waals surface area contributed by atoms with Crippen molar-refractivity contribution in [1.82, 2.24) is 0 Å². The molecule has 2 aromatic carbocycles. The summed E-state index contributed by atoms with van der Waals surface area (Å²) in [6.45, 7) is 3.92. The number of hydrogen-bond donors (Lipinski definition) is 1. The van der Waals surface area contributed by atoms with Crippen LogP contribution in [0.3, 0.4) is 0 Å². The van der Waals surface area contributed by atoms with E-state index in [-0.39, 0.29) is 10.6 Å². The second kappa shape index (κ2) is 4.38. The van der Waals surface area contributed by atoms with Crippen molar-refractivity contribution in [2.45, 2.75) is 0 Å². The lowest BCUT2D eigenvalue weighted by atomic mass is 10.0. The number of anilines is 2. The first-order chi connectivity index (χ1) is 9.56. The molecular weight excluding hydrogens is 254 g/mol. The second-order valence-corrected chi connectivity index (χ2v) is 4.67. The maximum atomic E-state index is 10.8. The van der Waals surface area contributed by atoms with E-state index in [1.54, 1.807) is 12.1 Å². The van der Waals surface area contributed by atoms with Crippen molar-refractivity contribution in [3.8, 4) is 11.1 Å². The van der Waals surface area contributed by atoms with Crippen LogP contribution in [0.25, 0.3) is 11.1 Å². The molecule has 0 radical (unpaired) electrons. The molecule has 0 saturated carbocycles. The molecule has 0 saturated heterocycles. The number of nitrogens with zero attached hydrogens (tertiary/aromatic N) is 2. The highest BCUT2D eigenvalue weighted by Crippen LogP contribution is 2.38. The number of rotatable bonds is 2. The third-order valence-electron chi connectivity index (χ3n) is 3.43. The van der Waals surface area contributed by atoms with Gasteiger partial charge in [-0.05, 0) is 23.3 Å². The predicted octanol–water partition coefficient (Wildman–Crippen LogP) is 3.59. The summed E-state index contributed by atoms with van der Waals surface area (Å²) >= 11 is 0. The molecule has 100 valence electrons. The predicted molar refractivity (Wildman–Crippen MR) is 79.7 cm³/mol. The molecule has 0 unspecified atom stereocenters. The van der Waals surface area contributed by atoms with Gasteiger partial charge in [0.15, 0.2) is 0 Å². The Hall–Kier alpha value is -2.82. The van der Waals surface area contributed by atoms with E-state index in [9.17, 15) is 10.1 Å². The number of fused-ring (bicyclic) bond motifs is 1. The Bertz CT molecular complexity index is 725. The van der Waals surface area contributed by atoms with Crippen molar-refractivity contribution in [3.63, 3.8) is 0 Å². The van der Waals surface area contributed by atoms with Crippen molar-refractivity contribution in [1.29, 1.82) is 0 Å². The van der Waals surface area contributed by atoms with E-state index in [0.717, 1.165) is 28.3 Å². The van der Waals surface area contributed by atoms with Crippen molar-refractivity contribution in [2.75, 3.05) is 17.3 Å². The van der Waals surface area contributed by atoms with Crippen LogP contribution in [0.2, 0.25) is 0 Å². The Labute approximate surface area is 116 Å². The van der Waals surface area contributed by atoms with E-state index in [1.807, 2.05) is 36.2 Å². The zero-order valence-corrected chi connectivity index (χ0v) is 11.0. The van der Waals surface area contributed by atoms with Crippen molar-refractivity contribution in [3.05, 3.63) is 65.0 Å². The molecule has 1 heterocycles. The van der Waals surface area contributed by atoms with Gasteiger partial charge >= 0.3 is 0 Å². The molecule has 0 atom stereocenters. The van der Waals surface area contributed by atoms with Crippen molar-refractivity contribution < 1.29 is 4.92 Å². The van der Waals surface area contributed by atoms with Crippen molar-refractivity contribution >= 4 is 17.1 Å². The van der Waals surface area contributed by atoms with Crippen LogP contribution in [-0.2, 0) is 0 Å². The minimum atomic E-state index is -0.383. The number of nitro benzene ring substituents is 1. The maximum Gasteiger partial charge on any atom is 0.270 e. The summed E-state index contributed by atoms with van der Waals surface area (Å²) in [5.41, 5.74) is 3.87. The quantitative estimate of drug-likeness (QED) is 0.667. The topological polar surface area (TPSA) is 58.4 Å². The Balaban J connectivity index is 2.06. The van der Waals surface area contributed by atoms with Crippen LogP contribution < -0.4 is 10.2 Å². The van der Waals surface area contributed by atoms with Gasteiger partial charge in [-0.1, -0.05) is 24.8 Å². The summed E-state index contributed by atoms with van der Waals surface area (Å²) < 4.78 is 0. The van der Waals surface area contributed by atoms with Crippen LogP contribution in [0, 0.1) is 10.1 Å². The summed E-state index contributed by atoms with van der Waals surface area (Å²) in [7, 11) is 1.93. The number of benzene rings is 2. The van der Waals surface area contributed by atoms with Gasteiger partial charge in [-0.2, -0.15) is 0 Å². The first-order valence-electron chi connectivity index (χ1n) is 6.15. The zero-order chi connectivity index (χ0) is 14.3. The fourth-order valence-electron chi connectivity index (χ4n) is 2.28. The molecular formula is C15H13N3O2. The molecule has 1 aliphatic rings. The summed E-state index contributed by atoms with van der Waals surface area (Å²) in [5, 5.41) is 14.0. The van der Waals surface area contributed by atoms with E-state index in [0.29, 0.717) is 0 Å². The molecule has 2 aromatic rings. The first kappa shape index (κ1) is 12.2. The lowest BCUT2D eigenvalue weighted by Crippen LogP contribution is -2.12. The van der Waals surface area contributed by atoms with Crippen LogP contribution in [0.15, 0.2) is 54.9 Å². The molecule has 1 N–H and O–H groups in total. The van der Waals surface area contributed by atoms with Crippen molar-refractivity contribution in [2.24, 2.45) is 0 Å². The van der Waals surface area contributed by atoms with E-state index >= 15 is 0 Å². The highest BCUT2D eigenvalue weighted by atomic mass is 16.6.